The van der Waals surface area contributed by atoms with Crippen LogP contribution in [0, 0.1) is 6.57 Å². The van der Waals surface area contributed by atoms with Crippen LogP contribution in [0.5, 0.6) is 0 Å². The van der Waals surface area contributed by atoms with Crippen molar-refractivity contribution in [2.45, 2.75) is 6.04 Å². The molecule has 0 saturated carbocycles. The van der Waals surface area contributed by atoms with Crippen molar-refractivity contribution in [3.8, 4) is 0 Å². The van der Waals surface area contributed by atoms with E-state index in [-0.39, 0.29) is 6.04 Å². The minimum absolute atomic E-state index is 0.0974. The van der Waals surface area contributed by atoms with Crippen molar-refractivity contribution in [1.29, 1.82) is 0 Å². The molecule has 1 heterocycles. The summed E-state index contributed by atoms with van der Waals surface area (Å²) in [5, 5.41) is 1.99. The predicted octanol–water partition coefficient (Wildman–Crippen LogP) is 7.27. The maximum Gasteiger partial charge on any atom is 0.187 e. The molecule has 3 aromatic carbocycles. The molecule has 1 atom stereocenters. The number of halogens is 3. The second kappa shape index (κ2) is 8.55. The Morgan fingerprint density at radius 1 is 0.828 bits per heavy atom. The molecule has 146 valence electrons. The van der Waals surface area contributed by atoms with Crippen LogP contribution in [-0.2, 0) is 0 Å². The van der Waals surface area contributed by atoms with Gasteiger partial charge in [0.15, 0.2) is 5.69 Å². The lowest BCUT2D eigenvalue weighted by Crippen LogP contribution is -2.48. The van der Waals surface area contributed by atoms with E-state index in [1.54, 1.807) is 6.07 Å². The van der Waals surface area contributed by atoms with Crippen molar-refractivity contribution in [3.63, 3.8) is 0 Å². The standard InChI is InChI=1S/C23H18Cl3N3/c1-27-19-7-9-20(10-8-19)28-12-13-29(22-11-6-18(25)14-21(22)26)23(15-28)16-2-4-17(24)5-3-16/h2-11,14,23H,12-13,15H2/t23-/m0/s1. The highest BCUT2D eigenvalue weighted by Crippen LogP contribution is 2.38. The van der Waals surface area contributed by atoms with Gasteiger partial charge in [0.05, 0.1) is 23.3 Å². The summed E-state index contributed by atoms with van der Waals surface area (Å²) in [5.74, 6) is 0. The zero-order valence-electron chi connectivity index (χ0n) is 15.5. The van der Waals surface area contributed by atoms with Crippen LogP contribution in [0.4, 0.5) is 17.1 Å². The van der Waals surface area contributed by atoms with Crippen molar-refractivity contribution >= 4 is 51.9 Å². The highest BCUT2D eigenvalue weighted by molar-refractivity contribution is 6.36. The van der Waals surface area contributed by atoms with Crippen LogP contribution in [0.3, 0.4) is 0 Å². The fourth-order valence-electron chi connectivity index (χ4n) is 3.73. The van der Waals surface area contributed by atoms with Gasteiger partial charge in [-0.05, 0) is 48.0 Å². The predicted molar refractivity (Wildman–Crippen MR) is 123 cm³/mol. The number of anilines is 2. The Labute approximate surface area is 185 Å². The Hall–Kier alpha value is -2.38. The lowest BCUT2D eigenvalue weighted by Gasteiger charge is -2.44. The summed E-state index contributed by atoms with van der Waals surface area (Å²) in [6.45, 7) is 9.59. The molecule has 0 bridgehead atoms. The number of hydrogen-bond donors (Lipinski definition) is 0. The largest absolute Gasteiger partial charge is 0.367 e. The zero-order chi connectivity index (χ0) is 20.4. The molecule has 0 unspecified atom stereocenters. The van der Waals surface area contributed by atoms with Gasteiger partial charge in [-0.2, -0.15) is 0 Å². The Morgan fingerprint density at radius 3 is 2.17 bits per heavy atom. The van der Waals surface area contributed by atoms with Gasteiger partial charge >= 0.3 is 0 Å². The lowest BCUT2D eigenvalue weighted by molar-refractivity contribution is 0.539. The second-order valence-corrected chi connectivity index (χ2v) is 8.21. The highest BCUT2D eigenvalue weighted by atomic mass is 35.5. The number of nitrogens with zero attached hydrogens (tertiary/aromatic N) is 3. The highest BCUT2D eigenvalue weighted by Gasteiger charge is 2.30. The maximum atomic E-state index is 7.15. The summed E-state index contributed by atoms with van der Waals surface area (Å²) in [4.78, 5) is 8.15. The molecule has 0 aromatic heterocycles. The zero-order valence-corrected chi connectivity index (χ0v) is 17.8. The van der Waals surface area contributed by atoms with Crippen molar-refractivity contribution in [2.24, 2.45) is 0 Å². The minimum Gasteiger partial charge on any atom is -0.367 e. The van der Waals surface area contributed by atoms with Gasteiger partial charge in [-0.3, -0.25) is 0 Å². The Kier molecular flexibility index (Phi) is 5.87. The van der Waals surface area contributed by atoms with E-state index in [0.29, 0.717) is 20.8 Å². The van der Waals surface area contributed by atoms with Crippen LogP contribution in [0.2, 0.25) is 15.1 Å². The van der Waals surface area contributed by atoms with Crippen molar-refractivity contribution in [1.82, 2.24) is 0 Å². The number of piperazine rings is 1. The summed E-state index contributed by atoms with van der Waals surface area (Å²) in [5.41, 5.74) is 3.90. The van der Waals surface area contributed by atoms with Crippen LogP contribution in [0.15, 0.2) is 66.7 Å². The Balaban J connectivity index is 1.69. The van der Waals surface area contributed by atoms with E-state index < -0.39 is 0 Å². The Morgan fingerprint density at radius 2 is 1.52 bits per heavy atom. The second-order valence-electron chi connectivity index (χ2n) is 6.93. The Bertz CT molecular complexity index is 1040. The first kappa shape index (κ1) is 19.9. The molecule has 0 aliphatic carbocycles. The van der Waals surface area contributed by atoms with Crippen LogP contribution in [0.25, 0.3) is 4.85 Å². The molecule has 0 N–H and O–H groups in total. The first-order valence-corrected chi connectivity index (χ1v) is 10.4. The third kappa shape index (κ3) is 4.31. The van der Waals surface area contributed by atoms with E-state index in [1.165, 1.54) is 5.56 Å². The van der Waals surface area contributed by atoms with Gasteiger partial charge in [-0.1, -0.05) is 59.1 Å². The number of hydrogen-bond acceptors (Lipinski definition) is 2. The molecule has 1 aliphatic heterocycles. The quantitative estimate of drug-likeness (QED) is 0.395. The first-order chi connectivity index (χ1) is 14.0. The molecule has 0 radical (unpaired) electrons. The van der Waals surface area contributed by atoms with Gasteiger partial charge in [0.25, 0.3) is 0 Å². The van der Waals surface area contributed by atoms with Crippen LogP contribution < -0.4 is 9.80 Å². The fraction of sp³-hybridized carbons (Fsp3) is 0.174. The van der Waals surface area contributed by atoms with E-state index in [1.807, 2.05) is 48.5 Å². The summed E-state index contributed by atoms with van der Waals surface area (Å²) in [6.07, 6.45) is 0. The normalized spacial score (nSPS) is 16.6. The van der Waals surface area contributed by atoms with Gasteiger partial charge in [-0.15, -0.1) is 0 Å². The summed E-state index contributed by atoms with van der Waals surface area (Å²) in [6, 6.07) is 21.4. The van der Waals surface area contributed by atoms with E-state index >= 15 is 0 Å². The first-order valence-electron chi connectivity index (χ1n) is 9.25. The van der Waals surface area contributed by atoms with Crippen molar-refractivity contribution in [3.05, 3.63) is 98.8 Å². The summed E-state index contributed by atoms with van der Waals surface area (Å²) < 4.78 is 0. The van der Waals surface area contributed by atoms with Gasteiger partial charge in [0.2, 0.25) is 0 Å². The average Bonchev–Trinajstić information content (AvgIpc) is 2.74. The topological polar surface area (TPSA) is 10.8 Å². The van der Waals surface area contributed by atoms with Gasteiger partial charge in [0.1, 0.15) is 0 Å². The molecule has 4 rings (SSSR count). The monoisotopic (exact) mass is 441 g/mol. The minimum atomic E-state index is 0.0974. The third-order valence-electron chi connectivity index (χ3n) is 5.20. The smallest absolute Gasteiger partial charge is 0.187 e. The third-order valence-corrected chi connectivity index (χ3v) is 5.99. The molecule has 3 aromatic rings. The summed E-state index contributed by atoms with van der Waals surface area (Å²) in [7, 11) is 0. The van der Waals surface area contributed by atoms with Crippen molar-refractivity contribution < 1.29 is 0 Å². The molecule has 1 fully saturated rings. The van der Waals surface area contributed by atoms with Gasteiger partial charge < -0.3 is 9.80 Å². The number of rotatable bonds is 3. The number of benzene rings is 3. The van der Waals surface area contributed by atoms with E-state index in [2.05, 4.69) is 26.8 Å². The summed E-state index contributed by atoms with van der Waals surface area (Å²) >= 11 is 18.8. The molecule has 1 aliphatic rings. The van der Waals surface area contributed by atoms with Gasteiger partial charge in [-0.25, -0.2) is 4.85 Å². The van der Waals surface area contributed by atoms with Crippen LogP contribution in [0.1, 0.15) is 11.6 Å². The molecule has 1 saturated heterocycles. The van der Waals surface area contributed by atoms with Crippen LogP contribution in [-0.4, -0.2) is 19.6 Å². The fourth-order valence-corrected chi connectivity index (χ4v) is 4.37. The SMILES string of the molecule is [C-]#[N+]c1ccc(N2CCN(c3ccc(Cl)cc3Cl)[C@H](c3ccc(Cl)cc3)C2)cc1. The van der Waals surface area contributed by atoms with E-state index in [9.17, 15) is 0 Å². The average molecular weight is 443 g/mol. The van der Waals surface area contributed by atoms with E-state index in [4.69, 9.17) is 41.4 Å². The van der Waals surface area contributed by atoms with Crippen LogP contribution >= 0.6 is 34.8 Å². The van der Waals surface area contributed by atoms with Crippen molar-refractivity contribution in [2.75, 3.05) is 29.4 Å². The molecule has 29 heavy (non-hydrogen) atoms. The van der Waals surface area contributed by atoms with Gasteiger partial charge in [0, 0.05) is 35.4 Å². The molecular formula is C23H18Cl3N3. The van der Waals surface area contributed by atoms with E-state index in [0.717, 1.165) is 31.0 Å². The maximum absolute atomic E-state index is 7.15. The molecule has 0 spiro atoms. The lowest BCUT2D eigenvalue weighted by atomic mass is 10.0. The molecular weight excluding hydrogens is 425 g/mol. The molecule has 3 nitrogen and oxygen atoms in total. The molecule has 6 heteroatoms. The molecule has 0 amide bonds.